The van der Waals surface area contributed by atoms with E-state index in [1.165, 1.54) is 6.20 Å². The van der Waals surface area contributed by atoms with Gasteiger partial charge in [0, 0.05) is 11.8 Å². The number of aliphatic hydroxyl groups is 3. The first-order valence-corrected chi connectivity index (χ1v) is 12.5. The van der Waals surface area contributed by atoms with Gasteiger partial charge in [-0.1, -0.05) is 6.58 Å². The zero-order valence-electron chi connectivity index (χ0n) is 15.3. The SMILES string of the molecule is C=C1N=C(N)C(CO)=CN1[C@@H]1O[C@H](COP(=O)(O)OP(=O)(O)OP(=O)(O)O)C(O)[C@@H]1O. The Hall–Kier alpha value is -1.00. The molecule has 0 aromatic rings. The molecule has 6 atom stereocenters. The number of rotatable bonds is 9. The lowest BCUT2D eigenvalue weighted by Crippen LogP contribution is -2.43. The van der Waals surface area contributed by atoms with Crippen molar-refractivity contribution >= 4 is 29.3 Å². The summed E-state index contributed by atoms with van der Waals surface area (Å²) in [5.41, 5.74) is 5.75. The average Bonchev–Trinajstić information content (AvgIpc) is 2.85. The summed E-state index contributed by atoms with van der Waals surface area (Å²) in [6.07, 6.45) is -4.95. The molecule has 0 aliphatic carbocycles. The van der Waals surface area contributed by atoms with Crippen LogP contribution < -0.4 is 5.73 Å². The Morgan fingerprint density at radius 2 is 1.74 bits per heavy atom. The van der Waals surface area contributed by atoms with E-state index < -0.39 is 61.2 Å². The normalized spacial score (nSPS) is 31.1. The molecule has 0 saturated carbocycles. The van der Waals surface area contributed by atoms with Crippen LogP contribution in [-0.2, 0) is 31.6 Å². The van der Waals surface area contributed by atoms with Crippen molar-refractivity contribution in [3.8, 4) is 0 Å². The van der Waals surface area contributed by atoms with E-state index in [4.69, 9.17) is 25.2 Å². The second-order valence-electron chi connectivity index (χ2n) is 6.07. The van der Waals surface area contributed by atoms with Crippen molar-refractivity contribution in [2.45, 2.75) is 24.5 Å². The van der Waals surface area contributed by atoms with Crippen LogP contribution in [0.15, 0.2) is 29.2 Å². The molecule has 1 saturated heterocycles. The number of hydrogen-bond donors (Lipinski definition) is 8. The van der Waals surface area contributed by atoms with Crippen molar-refractivity contribution in [1.82, 2.24) is 4.90 Å². The van der Waals surface area contributed by atoms with Crippen molar-refractivity contribution in [3.63, 3.8) is 0 Å². The second kappa shape index (κ2) is 9.47. The van der Waals surface area contributed by atoms with Gasteiger partial charge in [0.25, 0.3) is 0 Å². The molecule has 0 aromatic heterocycles. The molecule has 2 aliphatic heterocycles. The van der Waals surface area contributed by atoms with Gasteiger partial charge in [-0.25, -0.2) is 18.7 Å². The number of ether oxygens (including phenoxy) is 1. The van der Waals surface area contributed by atoms with Crippen LogP contribution in [0.25, 0.3) is 0 Å². The first-order valence-electron chi connectivity index (χ1n) is 7.98. The van der Waals surface area contributed by atoms with Crippen molar-refractivity contribution in [3.05, 3.63) is 24.2 Å². The molecule has 20 heteroatoms. The Balaban J connectivity index is 2.05. The Kier molecular flexibility index (Phi) is 8.02. The topological polar surface area (TPSA) is 271 Å². The summed E-state index contributed by atoms with van der Waals surface area (Å²) < 4.78 is 50.5. The predicted octanol–water partition coefficient (Wildman–Crippen LogP) is -2.20. The molecule has 31 heavy (non-hydrogen) atoms. The number of hydrogen-bond acceptors (Lipinski definition) is 13. The summed E-state index contributed by atoms with van der Waals surface area (Å²) in [4.78, 5) is 40.5. The first kappa shape index (κ1) is 26.3. The Labute approximate surface area is 174 Å². The fourth-order valence-corrected chi connectivity index (χ4v) is 5.52. The van der Waals surface area contributed by atoms with Gasteiger partial charge in [-0.05, 0) is 0 Å². The number of nitrogens with two attached hydrogens (primary N) is 1. The maximum atomic E-state index is 11.8. The molecule has 0 bridgehead atoms. The van der Waals surface area contributed by atoms with Crippen LogP contribution in [0.5, 0.6) is 0 Å². The number of nitrogens with zero attached hydrogens (tertiary/aromatic N) is 2. The van der Waals surface area contributed by atoms with E-state index in [1.807, 2.05) is 0 Å². The van der Waals surface area contributed by atoms with Gasteiger partial charge < -0.3 is 50.3 Å². The Bertz CT molecular complexity index is 916. The molecule has 3 unspecified atom stereocenters. The maximum absolute atomic E-state index is 11.8. The molecule has 0 spiro atoms. The van der Waals surface area contributed by atoms with E-state index in [0.717, 1.165) is 4.90 Å². The van der Waals surface area contributed by atoms with Gasteiger partial charge in [-0.3, -0.25) is 4.52 Å². The molecule has 2 aliphatic rings. The molecule has 17 nitrogen and oxygen atoms in total. The molecule has 9 N–H and O–H groups in total. The minimum atomic E-state index is -5.71. The molecule has 0 aromatic carbocycles. The highest BCUT2D eigenvalue weighted by Gasteiger charge is 2.48. The zero-order chi connectivity index (χ0) is 23.8. The van der Waals surface area contributed by atoms with E-state index in [1.54, 1.807) is 0 Å². The third kappa shape index (κ3) is 6.99. The molecule has 0 radical (unpaired) electrons. The van der Waals surface area contributed by atoms with E-state index in [9.17, 15) is 33.9 Å². The van der Waals surface area contributed by atoms with Gasteiger partial charge in [0.2, 0.25) is 0 Å². The number of phosphoric acid groups is 3. The van der Waals surface area contributed by atoms with Crippen LogP contribution in [0.4, 0.5) is 0 Å². The van der Waals surface area contributed by atoms with E-state index in [-0.39, 0.29) is 17.2 Å². The van der Waals surface area contributed by atoms with Crippen LogP contribution in [0.3, 0.4) is 0 Å². The fourth-order valence-electron chi connectivity index (χ4n) is 2.49. The van der Waals surface area contributed by atoms with Crippen molar-refractivity contribution in [1.29, 1.82) is 0 Å². The lowest BCUT2D eigenvalue weighted by Gasteiger charge is -2.32. The van der Waals surface area contributed by atoms with Gasteiger partial charge in [0.05, 0.1) is 13.2 Å². The number of phosphoric ester groups is 1. The molecular formula is C11H20N3O14P3. The van der Waals surface area contributed by atoms with E-state index in [0.29, 0.717) is 0 Å². The summed E-state index contributed by atoms with van der Waals surface area (Å²) in [5, 5.41) is 29.6. The smallest absolute Gasteiger partial charge is 0.391 e. The molecule has 2 heterocycles. The third-order valence-electron chi connectivity index (χ3n) is 3.77. The zero-order valence-corrected chi connectivity index (χ0v) is 18.0. The summed E-state index contributed by atoms with van der Waals surface area (Å²) in [6.45, 7) is 2.09. The van der Waals surface area contributed by atoms with Crippen molar-refractivity contribution < 1.29 is 66.5 Å². The minimum absolute atomic E-state index is 0.0283. The molecule has 178 valence electrons. The highest BCUT2D eigenvalue weighted by molar-refractivity contribution is 7.66. The van der Waals surface area contributed by atoms with Gasteiger partial charge in [0.1, 0.15) is 30.0 Å². The van der Waals surface area contributed by atoms with Crippen LogP contribution in [-0.4, -0.2) is 83.4 Å². The summed E-state index contributed by atoms with van der Waals surface area (Å²) in [7, 11) is -16.7. The molecular weight excluding hydrogens is 491 g/mol. The van der Waals surface area contributed by atoms with E-state index in [2.05, 4.69) is 24.7 Å². The fraction of sp³-hybridized carbons (Fsp3) is 0.545. The number of amidine groups is 1. The summed E-state index contributed by atoms with van der Waals surface area (Å²) in [5.74, 6) is -0.0690. The molecule has 0 amide bonds. The Morgan fingerprint density at radius 3 is 2.29 bits per heavy atom. The standard InChI is InChI=1S/C11H20N3O14P3/c1-5-13-10(12)6(3-15)2-14(5)11-9(17)8(16)7(26-11)4-25-30(21,22)28-31(23,24)27-29(18,19)20/h2,7-9,11,15-17H,1,3-4H2,(H2,12,13)(H,21,22)(H,23,24)(H2,18,19,20)/t7-,8?,9+,11-/m1/s1. The van der Waals surface area contributed by atoms with Gasteiger partial charge in [-0.15, -0.1) is 0 Å². The lowest BCUT2D eigenvalue weighted by atomic mass is 10.1. The highest BCUT2D eigenvalue weighted by Crippen LogP contribution is 2.66. The van der Waals surface area contributed by atoms with Crippen molar-refractivity contribution in [2.24, 2.45) is 10.7 Å². The largest absolute Gasteiger partial charge is 0.490 e. The lowest BCUT2D eigenvalue weighted by molar-refractivity contribution is -0.0688. The summed E-state index contributed by atoms with van der Waals surface area (Å²) >= 11 is 0. The van der Waals surface area contributed by atoms with Crippen molar-refractivity contribution in [2.75, 3.05) is 13.2 Å². The molecule has 1 fully saturated rings. The maximum Gasteiger partial charge on any atom is 0.490 e. The molecule has 2 rings (SSSR count). The highest BCUT2D eigenvalue weighted by atomic mass is 31.3. The predicted molar refractivity (Wildman–Crippen MR) is 98.3 cm³/mol. The number of aliphatic hydroxyl groups excluding tert-OH is 3. The average molecular weight is 511 g/mol. The van der Waals surface area contributed by atoms with Crippen LogP contribution in [0.2, 0.25) is 0 Å². The van der Waals surface area contributed by atoms with Crippen LogP contribution in [0, 0.1) is 0 Å². The van der Waals surface area contributed by atoms with Gasteiger partial charge in [-0.2, -0.15) is 8.62 Å². The minimum Gasteiger partial charge on any atom is -0.391 e. The summed E-state index contributed by atoms with van der Waals surface area (Å²) in [6, 6.07) is 0. The first-order chi connectivity index (χ1) is 14.1. The monoisotopic (exact) mass is 511 g/mol. The second-order valence-corrected chi connectivity index (χ2v) is 10.5. The number of aliphatic imine (C=N–C) groups is 1. The Morgan fingerprint density at radius 1 is 1.13 bits per heavy atom. The quantitative estimate of drug-likeness (QED) is 0.152. The third-order valence-corrected chi connectivity index (χ3v) is 7.57. The van der Waals surface area contributed by atoms with E-state index >= 15 is 0 Å². The van der Waals surface area contributed by atoms with Gasteiger partial charge >= 0.3 is 23.5 Å². The van der Waals surface area contributed by atoms with Crippen LogP contribution >= 0.6 is 23.5 Å². The van der Waals surface area contributed by atoms with Gasteiger partial charge in [0.15, 0.2) is 6.23 Å². The van der Waals surface area contributed by atoms with Crippen LogP contribution in [0.1, 0.15) is 0 Å².